The van der Waals surface area contributed by atoms with Gasteiger partial charge >= 0.3 is 0 Å². The molecule has 0 bridgehead atoms. The lowest BCUT2D eigenvalue weighted by atomic mass is 10.0. The highest BCUT2D eigenvalue weighted by molar-refractivity contribution is 5.94. The van der Waals surface area contributed by atoms with Gasteiger partial charge in [-0.15, -0.1) is 0 Å². The number of nitrogens with one attached hydrogen (secondary N) is 1. The van der Waals surface area contributed by atoms with E-state index < -0.39 is 4.92 Å². The Balaban J connectivity index is 1.84. The van der Waals surface area contributed by atoms with Crippen LogP contribution in [0.2, 0.25) is 0 Å². The molecule has 3 rings (SSSR count). The number of carbonyl (C=O) groups excluding carboxylic acids is 1. The lowest BCUT2D eigenvalue weighted by Gasteiger charge is -2.17. The lowest BCUT2D eigenvalue weighted by Crippen LogP contribution is -2.18. The summed E-state index contributed by atoms with van der Waals surface area (Å²) in [6, 6.07) is 6.77. The first-order valence-corrected chi connectivity index (χ1v) is 6.74. The Labute approximate surface area is 126 Å². The summed E-state index contributed by atoms with van der Waals surface area (Å²) in [6.07, 6.45) is 2.28. The highest BCUT2D eigenvalue weighted by atomic mass is 16.6. The smallest absolute Gasteiger partial charge is 0.288 e. The molecule has 0 saturated heterocycles. The van der Waals surface area contributed by atoms with E-state index in [0.29, 0.717) is 30.0 Å². The number of nitrogens with zero attached hydrogens (tertiary/aromatic N) is 2. The third kappa shape index (κ3) is 2.73. The Morgan fingerprint density at radius 2 is 2.14 bits per heavy atom. The molecule has 1 N–H and O–H groups in total. The molecular weight excluding hydrogens is 286 g/mol. The molecule has 0 spiro atoms. The standard InChI is InChI=1S/C15H13N3O4/c1-9-6-11(18(20)21)8-16-15(9)22-12-3-4-13-10(7-12)2-5-14(19)17-13/h3-4,6-8H,2,5H2,1H3,(H,17,19). The monoisotopic (exact) mass is 299 g/mol. The topological polar surface area (TPSA) is 94.4 Å². The van der Waals surface area contributed by atoms with Crippen molar-refractivity contribution in [2.45, 2.75) is 19.8 Å². The van der Waals surface area contributed by atoms with Crippen molar-refractivity contribution in [2.24, 2.45) is 0 Å². The quantitative estimate of drug-likeness (QED) is 0.694. The number of fused-ring (bicyclic) bond motifs is 1. The Bertz CT molecular complexity index is 773. The van der Waals surface area contributed by atoms with E-state index in [0.717, 1.165) is 11.3 Å². The highest BCUT2D eigenvalue weighted by Gasteiger charge is 2.16. The summed E-state index contributed by atoms with van der Waals surface area (Å²) in [4.78, 5) is 25.5. The molecule has 112 valence electrons. The summed E-state index contributed by atoms with van der Waals surface area (Å²) < 4.78 is 5.69. The molecule has 1 aliphatic heterocycles. The number of rotatable bonds is 3. The Morgan fingerprint density at radius 3 is 2.86 bits per heavy atom. The van der Waals surface area contributed by atoms with E-state index >= 15 is 0 Å². The molecule has 0 unspecified atom stereocenters. The average Bonchev–Trinajstić information content (AvgIpc) is 2.49. The largest absolute Gasteiger partial charge is 0.439 e. The van der Waals surface area contributed by atoms with Crippen molar-refractivity contribution in [3.8, 4) is 11.6 Å². The third-order valence-corrected chi connectivity index (χ3v) is 3.41. The van der Waals surface area contributed by atoms with Gasteiger partial charge in [-0.25, -0.2) is 4.98 Å². The molecule has 1 aromatic heterocycles. The number of hydrogen-bond acceptors (Lipinski definition) is 5. The first kappa shape index (κ1) is 14.0. The van der Waals surface area contributed by atoms with Gasteiger partial charge in [0.15, 0.2) is 0 Å². The summed E-state index contributed by atoms with van der Waals surface area (Å²) in [5, 5.41) is 13.5. The van der Waals surface area contributed by atoms with E-state index in [1.165, 1.54) is 12.3 Å². The number of ether oxygens (including phenoxy) is 1. The van der Waals surface area contributed by atoms with Crippen molar-refractivity contribution in [1.82, 2.24) is 4.98 Å². The predicted octanol–water partition coefficient (Wildman–Crippen LogP) is 2.98. The maximum atomic E-state index is 11.3. The zero-order chi connectivity index (χ0) is 15.7. The number of hydrogen-bond donors (Lipinski definition) is 1. The zero-order valence-electron chi connectivity index (χ0n) is 11.8. The minimum absolute atomic E-state index is 0.00838. The van der Waals surface area contributed by atoms with Crippen LogP contribution in [0.25, 0.3) is 0 Å². The van der Waals surface area contributed by atoms with Crippen LogP contribution in [-0.4, -0.2) is 15.8 Å². The van der Waals surface area contributed by atoms with E-state index in [-0.39, 0.29) is 11.6 Å². The van der Waals surface area contributed by atoms with Crippen LogP contribution in [0.15, 0.2) is 30.5 Å². The molecule has 2 heterocycles. The number of aryl methyl sites for hydroxylation is 2. The SMILES string of the molecule is Cc1cc([N+](=O)[O-])cnc1Oc1ccc2c(c1)CCC(=O)N2. The maximum Gasteiger partial charge on any atom is 0.288 e. The van der Waals surface area contributed by atoms with Crippen molar-refractivity contribution in [2.75, 3.05) is 5.32 Å². The van der Waals surface area contributed by atoms with Crippen LogP contribution >= 0.6 is 0 Å². The van der Waals surface area contributed by atoms with E-state index in [1.807, 2.05) is 6.07 Å². The molecule has 0 aliphatic carbocycles. The third-order valence-electron chi connectivity index (χ3n) is 3.41. The number of pyridine rings is 1. The van der Waals surface area contributed by atoms with Crippen molar-refractivity contribution in [3.05, 3.63) is 51.7 Å². The summed E-state index contributed by atoms with van der Waals surface area (Å²) in [5.41, 5.74) is 2.30. The fraction of sp³-hybridized carbons (Fsp3) is 0.200. The van der Waals surface area contributed by atoms with Crippen LogP contribution in [0, 0.1) is 17.0 Å². The zero-order valence-corrected chi connectivity index (χ0v) is 11.8. The summed E-state index contributed by atoms with van der Waals surface area (Å²) >= 11 is 0. The highest BCUT2D eigenvalue weighted by Crippen LogP contribution is 2.30. The van der Waals surface area contributed by atoms with Gasteiger partial charge in [-0.3, -0.25) is 14.9 Å². The van der Waals surface area contributed by atoms with Gasteiger partial charge in [0.05, 0.1) is 4.92 Å². The van der Waals surface area contributed by atoms with Crippen LogP contribution in [0.5, 0.6) is 11.6 Å². The molecular formula is C15H13N3O4. The van der Waals surface area contributed by atoms with Crippen LogP contribution in [0.1, 0.15) is 17.5 Å². The molecule has 22 heavy (non-hydrogen) atoms. The van der Waals surface area contributed by atoms with Gasteiger partial charge < -0.3 is 10.1 Å². The first-order valence-electron chi connectivity index (χ1n) is 6.74. The first-order chi connectivity index (χ1) is 10.5. The molecule has 0 fully saturated rings. The Hall–Kier alpha value is -2.96. The molecule has 1 amide bonds. The van der Waals surface area contributed by atoms with Crippen LogP contribution < -0.4 is 10.1 Å². The minimum Gasteiger partial charge on any atom is -0.439 e. The Kier molecular flexibility index (Phi) is 3.46. The van der Waals surface area contributed by atoms with Crippen LogP contribution in [-0.2, 0) is 11.2 Å². The lowest BCUT2D eigenvalue weighted by molar-refractivity contribution is -0.385. The molecule has 1 aliphatic rings. The number of aromatic nitrogens is 1. The van der Waals surface area contributed by atoms with Crippen LogP contribution in [0.4, 0.5) is 11.4 Å². The molecule has 7 heteroatoms. The van der Waals surface area contributed by atoms with Gasteiger partial charge in [-0.1, -0.05) is 0 Å². The molecule has 2 aromatic rings. The fourth-order valence-corrected chi connectivity index (χ4v) is 2.29. The molecule has 0 radical (unpaired) electrons. The predicted molar refractivity (Wildman–Crippen MR) is 79.1 cm³/mol. The normalized spacial score (nSPS) is 13.2. The second-order valence-corrected chi connectivity index (χ2v) is 5.04. The van der Waals surface area contributed by atoms with Crippen LogP contribution in [0.3, 0.4) is 0 Å². The van der Waals surface area contributed by atoms with Crippen molar-refractivity contribution >= 4 is 17.3 Å². The average molecular weight is 299 g/mol. The number of amides is 1. The van der Waals surface area contributed by atoms with E-state index in [9.17, 15) is 14.9 Å². The summed E-state index contributed by atoms with van der Waals surface area (Å²) in [5.74, 6) is 0.916. The number of anilines is 1. The molecule has 7 nitrogen and oxygen atoms in total. The van der Waals surface area contributed by atoms with Gasteiger partial charge in [-0.2, -0.15) is 0 Å². The van der Waals surface area contributed by atoms with Gasteiger partial charge in [0, 0.05) is 23.7 Å². The van der Waals surface area contributed by atoms with Crippen molar-refractivity contribution in [1.29, 1.82) is 0 Å². The number of benzene rings is 1. The van der Waals surface area contributed by atoms with Gasteiger partial charge in [0.1, 0.15) is 11.9 Å². The summed E-state index contributed by atoms with van der Waals surface area (Å²) in [6.45, 7) is 1.70. The van der Waals surface area contributed by atoms with E-state index in [1.54, 1.807) is 19.1 Å². The second-order valence-electron chi connectivity index (χ2n) is 5.04. The van der Waals surface area contributed by atoms with Gasteiger partial charge in [-0.05, 0) is 37.1 Å². The van der Waals surface area contributed by atoms with E-state index in [2.05, 4.69) is 10.3 Å². The molecule has 0 atom stereocenters. The number of carbonyl (C=O) groups is 1. The maximum absolute atomic E-state index is 11.3. The molecule has 1 aromatic carbocycles. The minimum atomic E-state index is -0.495. The Morgan fingerprint density at radius 1 is 1.32 bits per heavy atom. The second kappa shape index (κ2) is 5.44. The van der Waals surface area contributed by atoms with Gasteiger partial charge in [0.2, 0.25) is 11.8 Å². The van der Waals surface area contributed by atoms with E-state index in [4.69, 9.17) is 4.74 Å². The van der Waals surface area contributed by atoms with Gasteiger partial charge in [0.25, 0.3) is 5.69 Å². The van der Waals surface area contributed by atoms with Crippen molar-refractivity contribution < 1.29 is 14.5 Å². The fourth-order valence-electron chi connectivity index (χ4n) is 2.29. The summed E-state index contributed by atoms with van der Waals surface area (Å²) in [7, 11) is 0. The molecule has 0 saturated carbocycles. The number of nitro groups is 1. The van der Waals surface area contributed by atoms with Crippen molar-refractivity contribution in [3.63, 3.8) is 0 Å².